The molecule has 134 valence electrons. The monoisotopic (exact) mass is 340 g/mol. The molecule has 1 fully saturated rings. The minimum absolute atomic E-state index is 0.125. The fourth-order valence-corrected chi connectivity index (χ4v) is 3.33. The number of methoxy groups -OCH3 is 1. The highest BCUT2D eigenvalue weighted by Gasteiger charge is 2.18. The van der Waals surface area contributed by atoms with Crippen molar-refractivity contribution in [1.29, 1.82) is 0 Å². The second kappa shape index (κ2) is 8.37. The van der Waals surface area contributed by atoms with Crippen LogP contribution in [0.25, 0.3) is 0 Å². The molecular formula is C21H28N2O2. The molecular weight excluding hydrogens is 312 g/mol. The maximum atomic E-state index is 9.68. The van der Waals surface area contributed by atoms with Crippen LogP contribution in [0.5, 0.6) is 5.75 Å². The zero-order valence-corrected chi connectivity index (χ0v) is 15.1. The smallest absolute Gasteiger partial charge is 0.118 e. The van der Waals surface area contributed by atoms with Gasteiger partial charge in [-0.25, -0.2) is 0 Å². The third-order valence-corrected chi connectivity index (χ3v) is 4.96. The molecule has 0 aliphatic carbocycles. The van der Waals surface area contributed by atoms with E-state index in [1.165, 1.54) is 16.8 Å². The third kappa shape index (κ3) is 4.74. The number of hydrogen-bond donors (Lipinski definition) is 2. The Morgan fingerprint density at radius 2 is 1.80 bits per heavy atom. The fraction of sp³-hybridized carbons (Fsp3) is 0.429. The molecule has 1 atom stereocenters. The Morgan fingerprint density at radius 3 is 2.48 bits per heavy atom. The lowest BCUT2D eigenvalue weighted by Gasteiger charge is -2.30. The number of para-hydroxylation sites is 1. The SMILES string of the molecule is COc1ccc(C(C)Nc2ccccc2CN2CCC(O)CC2)cc1. The topological polar surface area (TPSA) is 44.7 Å². The Labute approximate surface area is 150 Å². The highest BCUT2D eigenvalue weighted by Crippen LogP contribution is 2.25. The molecule has 25 heavy (non-hydrogen) atoms. The summed E-state index contributed by atoms with van der Waals surface area (Å²) >= 11 is 0. The molecule has 0 aromatic heterocycles. The van der Waals surface area contributed by atoms with Crippen LogP contribution in [0, 0.1) is 0 Å². The first-order valence-corrected chi connectivity index (χ1v) is 9.04. The molecule has 1 unspecified atom stereocenters. The highest BCUT2D eigenvalue weighted by molar-refractivity contribution is 5.52. The van der Waals surface area contributed by atoms with Crippen LogP contribution in [0.15, 0.2) is 48.5 Å². The van der Waals surface area contributed by atoms with Crippen LogP contribution in [-0.2, 0) is 6.54 Å². The van der Waals surface area contributed by atoms with E-state index in [0.29, 0.717) is 0 Å². The number of aliphatic hydroxyl groups is 1. The largest absolute Gasteiger partial charge is 0.497 e. The molecule has 1 aliphatic rings. The van der Waals surface area contributed by atoms with Crippen LogP contribution >= 0.6 is 0 Å². The summed E-state index contributed by atoms with van der Waals surface area (Å²) in [5.41, 5.74) is 3.72. The van der Waals surface area contributed by atoms with Crippen molar-refractivity contribution in [2.45, 2.75) is 38.5 Å². The van der Waals surface area contributed by atoms with Gasteiger partial charge in [0.15, 0.2) is 0 Å². The van der Waals surface area contributed by atoms with Gasteiger partial charge in [0.05, 0.1) is 13.2 Å². The van der Waals surface area contributed by atoms with E-state index in [9.17, 15) is 5.11 Å². The minimum atomic E-state index is -0.125. The van der Waals surface area contributed by atoms with Crippen molar-refractivity contribution >= 4 is 5.69 Å². The second-order valence-corrected chi connectivity index (χ2v) is 6.80. The van der Waals surface area contributed by atoms with E-state index in [1.54, 1.807) is 7.11 Å². The van der Waals surface area contributed by atoms with Gasteiger partial charge in [-0.1, -0.05) is 30.3 Å². The third-order valence-electron chi connectivity index (χ3n) is 4.96. The van der Waals surface area contributed by atoms with Gasteiger partial charge in [0.1, 0.15) is 5.75 Å². The van der Waals surface area contributed by atoms with E-state index in [-0.39, 0.29) is 12.1 Å². The number of nitrogens with zero attached hydrogens (tertiary/aromatic N) is 1. The first-order valence-electron chi connectivity index (χ1n) is 9.04. The van der Waals surface area contributed by atoms with Crippen LogP contribution in [0.2, 0.25) is 0 Å². The Hall–Kier alpha value is -2.04. The van der Waals surface area contributed by atoms with E-state index in [1.807, 2.05) is 12.1 Å². The molecule has 0 spiro atoms. The second-order valence-electron chi connectivity index (χ2n) is 6.80. The quantitative estimate of drug-likeness (QED) is 0.839. The molecule has 0 amide bonds. The highest BCUT2D eigenvalue weighted by atomic mass is 16.5. The number of ether oxygens (including phenoxy) is 1. The zero-order chi connectivity index (χ0) is 17.6. The maximum absolute atomic E-state index is 9.68. The Bertz CT molecular complexity index is 664. The number of rotatable bonds is 6. The molecule has 2 aromatic carbocycles. The summed E-state index contributed by atoms with van der Waals surface area (Å²) in [5.74, 6) is 0.878. The van der Waals surface area contributed by atoms with Gasteiger partial charge in [0.2, 0.25) is 0 Å². The van der Waals surface area contributed by atoms with E-state index >= 15 is 0 Å². The van der Waals surface area contributed by atoms with Crippen LogP contribution in [0.4, 0.5) is 5.69 Å². The first-order chi connectivity index (χ1) is 12.2. The van der Waals surface area contributed by atoms with Gasteiger partial charge in [-0.15, -0.1) is 0 Å². The molecule has 0 bridgehead atoms. The van der Waals surface area contributed by atoms with Crippen LogP contribution in [0.3, 0.4) is 0 Å². The Kier molecular flexibility index (Phi) is 5.95. The van der Waals surface area contributed by atoms with Gasteiger partial charge in [0.25, 0.3) is 0 Å². The number of anilines is 1. The van der Waals surface area contributed by atoms with Gasteiger partial charge in [-0.3, -0.25) is 4.90 Å². The van der Waals surface area contributed by atoms with Crippen LogP contribution in [0.1, 0.15) is 36.9 Å². The predicted octanol–water partition coefficient (Wildman–Crippen LogP) is 3.83. The minimum Gasteiger partial charge on any atom is -0.497 e. The molecule has 1 heterocycles. The van der Waals surface area contributed by atoms with Crippen molar-refractivity contribution in [3.05, 3.63) is 59.7 Å². The number of hydrogen-bond acceptors (Lipinski definition) is 4. The predicted molar refractivity (Wildman–Crippen MR) is 102 cm³/mol. The summed E-state index contributed by atoms with van der Waals surface area (Å²) in [7, 11) is 1.69. The van der Waals surface area contributed by atoms with E-state index in [4.69, 9.17) is 4.74 Å². The van der Waals surface area contributed by atoms with E-state index in [2.05, 4.69) is 53.5 Å². The molecule has 0 radical (unpaired) electrons. The summed E-state index contributed by atoms with van der Waals surface area (Å²) in [6, 6.07) is 16.9. The van der Waals surface area contributed by atoms with Gasteiger partial charge < -0.3 is 15.2 Å². The molecule has 1 aliphatic heterocycles. The molecule has 4 heteroatoms. The summed E-state index contributed by atoms with van der Waals surface area (Å²) in [5, 5.41) is 13.3. The normalized spacial score (nSPS) is 17.2. The molecule has 3 rings (SSSR count). The molecule has 4 nitrogen and oxygen atoms in total. The van der Waals surface area contributed by atoms with Gasteiger partial charge in [0, 0.05) is 31.4 Å². The van der Waals surface area contributed by atoms with Crippen molar-refractivity contribution in [2.24, 2.45) is 0 Å². The lowest BCUT2D eigenvalue weighted by molar-refractivity contribution is 0.0793. The summed E-state index contributed by atoms with van der Waals surface area (Å²) in [6.45, 7) is 5.02. The van der Waals surface area contributed by atoms with Gasteiger partial charge >= 0.3 is 0 Å². The lowest BCUT2D eigenvalue weighted by atomic mass is 10.0. The van der Waals surface area contributed by atoms with Crippen LogP contribution in [-0.4, -0.2) is 36.3 Å². The molecule has 2 N–H and O–H groups in total. The van der Waals surface area contributed by atoms with E-state index in [0.717, 1.165) is 38.2 Å². The van der Waals surface area contributed by atoms with Gasteiger partial charge in [-0.05, 0) is 49.1 Å². The summed E-state index contributed by atoms with van der Waals surface area (Å²) in [4.78, 5) is 2.42. The van der Waals surface area contributed by atoms with E-state index < -0.39 is 0 Å². The van der Waals surface area contributed by atoms with Crippen molar-refractivity contribution in [3.63, 3.8) is 0 Å². The lowest BCUT2D eigenvalue weighted by Crippen LogP contribution is -2.35. The number of aliphatic hydroxyl groups excluding tert-OH is 1. The van der Waals surface area contributed by atoms with Crippen molar-refractivity contribution in [3.8, 4) is 5.75 Å². The van der Waals surface area contributed by atoms with Crippen molar-refractivity contribution in [2.75, 3.05) is 25.5 Å². The molecule has 1 saturated heterocycles. The maximum Gasteiger partial charge on any atom is 0.118 e. The van der Waals surface area contributed by atoms with Crippen LogP contribution < -0.4 is 10.1 Å². The fourth-order valence-electron chi connectivity index (χ4n) is 3.33. The average Bonchev–Trinajstić information content (AvgIpc) is 2.65. The number of nitrogens with one attached hydrogen (secondary N) is 1. The number of piperidine rings is 1. The first kappa shape index (κ1) is 17.8. The number of likely N-dealkylation sites (tertiary alicyclic amines) is 1. The molecule has 2 aromatic rings. The van der Waals surface area contributed by atoms with Crippen molar-refractivity contribution < 1.29 is 9.84 Å². The summed E-state index contributed by atoms with van der Waals surface area (Å²) < 4.78 is 5.23. The number of benzene rings is 2. The molecule has 0 saturated carbocycles. The zero-order valence-electron chi connectivity index (χ0n) is 15.1. The summed E-state index contributed by atoms with van der Waals surface area (Å²) in [6.07, 6.45) is 1.62. The van der Waals surface area contributed by atoms with Gasteiger partial charge in [-0.2, -0.15) is 0 Å². The standard InChI is InChI=1S/C21H28N2O2/c1-16(17-7-9-20(25-2)10-8-17)22-21-6-4-3-5-18(21)15-23-13-11-19(24)12-14-23/h3-10,16,19,22,24H,11-15H2,1-2H3. The Balaban J connectivity index is 1.67. The average molecular weight is 340 g/mol. The Morgan fingerprint density at radius 1 is 1.12 bits per heavy atom. The van der Waals surface area contributed by atoms with Crippen molar-refractivity contribution in [1.82, 2.24) is 4.90 Å².